The zero-order chi connectivity index (χ0) is 15.4. The lowest BCUT2D eigenvalue weighted by molar-refractivity contribution is -0.124. The molecular formula is C15H22FN3O2. The molecule has 1 aromatic carbocycles. The Balaban J connectivity index is 2.00. The van der Waals surface area contributed by atoms with Crippen molar-refractivity contribution in [3.8, 4) is 0 Å². The fourth-order valence-electron chi connectivity index (χ4n) is 2.38. The number of carbonyl (C=O) groups excluding carboxylic acids is 1. The van der Waals surface area contributed by atoms with E-state index in [9.17, 15) is 9.18 Å². The lowest BCUT2D eigenvalue weighted by Crippen LogP contribution is -2.50. The first-order valence-electron chi connectivity index (χ1n) is 7.22. The molecule has 1 heterocycles. The fraction of sp³-hybridized carbons (Fsp3) is 0.533. The van der Waals surface area contributed by atoms with Gasteiger partial charge in [0, 0.05) is 18.8 Å². The van der Waals surface area contributed by atoms with E-state index >= 15 is 0 Å². The monoisotopic (exact) mass is 295 g/mol. The van der Waals surface area contributed by atoms with Crippen LogP contribution in [0.3, 0.4) is 0 Å². The van der Waals surface area contributed by atoms with E-state index in [-0.39, 0.29) is 23.7 Å². The molecule has 116 valence electrons. The number of benzene rings is 1. The van der Waals surface area contributed by atoms with Gasteiger partial charge in [-0.3, -0.25) is 9.69 Å². The van der Waals surface area contributed by atoms with Crippen molar-refractivity contribution in [1.29, 1.82) is 0 Å². The number of carbonyl (C=O) groups is 1. The molecule has 0 aliphatic carbocycles. The minimum atomic E-state index is -0.488. The number of rotatable bonds is 4. The number of anilines is 2. The molecule has 0 aromatic heterocycles. The van der Waals surface area contributed by atoms with Gasteiger partial charge in [-0.2, -0.15) is 0 Å². The van der Waals surface area contributed by atoms with Gasteiger partial charge in [0.25, 0.3) is 0 Å². The number of amides is 1. The highest BCUT2D eigenvalue weighted by atomic mass is 19.1. The van der Waals surface area contributed by atoms with Crippen LogP contribution in [0.15, 0.2) is 18.2 Å². The summed E-state index contributed by atoms with van der Waals surface area (Å²) in [5, 5.41) is 2.60. The molecule has 1 aliphatic heterocycles. The lowest BCUT2D eigenvalue weighted by atomic mass is 10.1. The Hall–Kier alpha value is -1.66. The number of nitrogens with one attached hydrogen (secondary N) is 1. The van der Waals surface area contributed by atoms with Crippen molar-refractivity contribution in [2.24, 2.45) is 0 Å². The molecule has 3 N–H and O–H groups in total. The van der Waals surface area contributed by atoms with Crippen LogP contribution in [0.1, 0.15) is 20.3 Å². The predicted octanol–water partition coefficient (Wildman–Crippen LogP) is 1.85. The summed E-state index contributed by atoms with van der Waals surface area (Å²) in [5.74, 6) is -0.727. The molecule has 1 fully saturated rings. The van der Waals surface area contributed by atoms with E-state index in [1.165, 1.54) is 18.2 Å². The van der Waals surface area contributed by atoms with Crippen molar-refractivity contribution in [1.82, 2.24) is 4.90 Å². The number of hydrogen-bond donors (Lipinski definition) is 2. The van der Waals surface area contributed by atoms with Crippen molar-refractivity contribution < 1.29 is 13.9 Å². The maximum Gasteiger partial charge on any atom is 0.241 e. The summed E-state index contributed by atoms with van der Waals surface area (Å²) >= 11 is 0. The molecule has 21 heavy (non-hydrogen) atoms. The summed E-state index contributed by atoms with van der Waals surface area (Å²) in [6.45, 7) is 5.90. The summed E-state index contributed by atoms with van der Waals surface area (Å²) in [6, 6.07) is 3.79. The van der Waals surface area contributed by atoms with Gasteiger partial charge in [0.15, 0.2) is 0 Å². The zero-order valence-electron chi connectivity index (χ0n) is 12.4. The number of morpholine rings is 1. The molecule has 0 bridgehead atoms. The minimum Gasteiger partial charge on any atom is -0.399 e. The van der Waals surface area contributed by atoms with Gasteiger partial charge < -0.3 is 15.8 Å². The summed E-state index contributed by atoms with van der Waals surface area (Å²) in [4.78, 5) is 14.3. The van der Waals surface area contributed by atoms with Gasteiger partial charge >= 0.3 is 0 Å². The lowest BCUT2D eigenvalue weighted by Gasteiger charge is -2.35. The molecule has 2 atom stereocenters. The molecule has 0 saturated carbocycles. The molecule has 0 spiro atoms. The van der Waals surface area contributed by atoms with Crippen LogP contribution in [-0.4, -0.2) is 42.6 Å². The quantitative estimate of drug-likeness (QED) is 0.832. The van der Waals surface area contributed by atoms with Crippen molar-refractivity contribution in [3.63, 3.8) is 0 Å². The van der Waals surface area contributed by atoms with Crippen LogP contribution in [0, 0.1) is 5.82 Å². The van der Waals surface area contributed by atoms with E-state index < -0.39 is 5.82 Å². The molecule has 2 rings (SSSR count). The van der Waals surface area contributed by atoms with Crippen LogP contribution >= 0.6 is 0 Å². The van der Waals surface area contributed by atoms with E-state index in [2.05, 4.69) is 17.1 Å². The van der Waals surface area contributed by atoms with Crippen molar-refractivity contribution in [2.75, 3.05) is 30.7 Å². The minimum absolute atomic E-state index is 0.118. The number of nitrogens with two attached hydrogens (primary N) is 1. The van der Waals surface area contributed by atoms with E-state index in [4.69, 9.17) is 10.5 Å². The van der Waals surface area contributed by atoms with Crippen LogP contribution in [0.25, 0.3) is 0 Å². The standard InChI is InChI=1S/C15H22FN3O2/c1-3-12-9-19(6-7-21-12)10(2)15(20)18-14-8-11(17)4-5-13(14)16/h4-5,8,10,12H,3,6-7,9,17H2,1-2H3,(H,18,20). The third kappa shape index (κ3) is 3.92. The van der Waals surface area contributed by atoms with Crippen LogP contribution in [0.2, 0.25) is 0 Å². The third-order valence-corrected chi connectivity index (χ3v) is 3.80. The Morgan fingerprint density at radius 1 is 1.62 bits per heavy atom. The molecule has 1 aliphatic rings. The normalized spacial score (nSPS) is 21.0. The average molecular weight is 295 g/mol. The van der Waals surface area contributed by atoms with E-state index in [0.717, 1.165) is 6.42 Å². The zero-order valence-corrected chi connectivity index (χ0v) is 12.4. The van der Waals surface area contributed by atoms with E-state index in [0.29, 0.717) is 25.4 Å². The maximum absolute atomic E-state index is 13.6. The first kappa shape index (κ1) is 15.7. The summed E-state index contributed by atoms with van der Waals surface area (Å²) in [7, 11) is 0. The first-order valence-corrected chi connectivity index (χ1v) is 7.22. The first-order chi connectivity index (χ1) is 10.0. The van der Waals surface area contributed by atoms with Gasteiger partial charge in [0.1, 0.15) is 5.82 Å². The van der Waals surface area contributed by atoms with E-state index in [1.807, 2.05) is 6.92 Å². The molecule has 6 heteroatoms. The Labute approximate surface area is 124 Å². The van der Waals surface area contributed by atoms with Crippen molar-refractivity contribution >= 4 is 17.3 Å². The Morgan fingerprint density at radius 3 is 3.10 bits per heavy atom. The smallest absolute Gasteiger partial charge is 0.241 e. The number of hydrogen-bond acceptors (Lipinski definition) is 4. The van der Waals surface area contributed by atoms with Crippen molar-refractivity contribution in [3.05, 3.63) is 24.0 Å². The second-order valence-electron chi connectivity index (χ2n) is 5.30. The topological polar surface area (TPSA) is 67.6 Å². The number of halogens is 1. The second kappa shape index (κ2) is 6.87. The van der Waals surface area contributed by atoms with Crippen LogP contribution < -0.4 is 11.1 Å². The highest BCUT2D eigenvalue weighted by Crippen LogP contribution is 2.19. The Morgan fingerprint density at radius 2 is 2.38 bits per heavy atom. The van der Waals surface area contributed by atoms with Gasteiger partial charge in [-0.1, -0.05) is 6.92 Å². The SMILES string of the molecule is CCC1CN(C(C)C(=O)Nc2cc(N)ccc2F)CCO1. The number of nitrogens with zero attached hydrogens (tertiary/aromatic N) is 1. The van der Waals surface area contributed by atoms with Crippen LogP contribution in [0.4, 0.5) is 15.8 Å². The molecule has 2 unspecified atom stereocenters. The molecule has 1 saturated heterocycles. The highest BCUT2D eigenvalue weighted by Gasteiger charge is 2.27. The van der Waals surface area contributed by atoms with Gasteiger partial charge in [-0.05, 0) is 31.5 Å². The molecule has 1 aromatic rings. The van der Waals surface area contributed by atoms with Gasteiger partial charge in [-0.25, -0.2) is 4.39 Å². The van der Waals surface area contributed by atoms with Gasteiger partial charge in [-0.15, -0.1) is 0 Å². The third-order valence-electron chi connectivity index (χ3n) is 3.80. The molecule has 1 amide bonds. The molecule has 5 nitrogen and oxygen atoms in total. The number of nitrogen functional groups attached to an aromatic ring is 1. The highest BCUT2D eigenvalue weighted by molar-refractivity contribution is 5.95. The van der Waals surface area contributed by atoms with Crippen LogP contribution in [-0.2, 0) is 9.53 Å². The fourth-order valence-corrected chi connectivity index (χ4v) is 2.38. The summed E-state index contributed by atoms with van der Waals surface area (Å²) < 4.78 is 19.2. The summed E-state index contributed by atoms with van der Waals surface area (Å²) in [6.07, 6.45) is 1.06. The van der Waals surface area contributed by atoms with Crippen LogP contribution in [0.5, 0.6) is 0 Å². The average Bonchev–Trinajstić information content (AvgIpc) is 2.50. The van der Waals surface area contributed by atoms with Gasteiger partial charge in [0.05, 0.1) is 24.4 Å². The number of ether oxygens (including phenoxy) is 1. The Bertz CT molecular complexity index is 510. The van der Waals surface area contributed by atoms with E-state index in [1.54, 1.807) is 0 Å². The van der Waals surface area contributed by atoms with Gasteiger partial charge in [0.2, 0.25) is 5.91 Å². The largest absolute Gasteiger partial charge is 0.399 e. The van der Waals surface area contributed by atoms with Crippen molar-refractivity contribution in [2.45, 2.75) is 32.4 Å². The summed E-state index contributed by atoms with van der Waals surface area (Å²) in [5.41, 5.74) is 6.14. The molecular weight excluding hydrogens is 273 g/mol. The molecule has 0 radical (unpaired) electrons. The predicted molar refractivity (Wildman–Crippen MR) is 80.5 cm³/mol. The second-order valence-corrected chi connectivity index (χ2v) is 5.30. The Kier molecular flexibility index (Phi) is 5.14. The maximum atomic E-state index is 13.6.